The number of guanidine groups is 1. The van der Waals surface area contributed by atoms with E-state index in [4.69, 9.17) is 9.73 Å². The monoisotopic (exact) mass is 528 g/mol. The molecule has 3 rings (SSSR count). The zero-order valence-corrected chi connectivity index (χ0v) is 20.8. The van der Waals surface area contributed by atoms with Gasteiger partial charge in [-0.3, -0.25) is 9.69 Å². The van der Waals surface area contributed by atoms with Gasteiger partial charge in [-0.25, -0.2) is 4.99 Å². The van der Waals surface area contributed by atoms with Crippen LogP contribution < -0.4 is 5.32 Å². The van der Waals surface area contributed by atoms with Crippen molar-refractivity contribution in [2.45, 2.75) is 52.1 Å². The summed E-state index contributed by atoms with van der Waals surface area (Å²) in [6.45, 7) is 8.72. The van der Waals surface area contributed by atoms with Crippen LogP contribution in [0.5, 0.6) is 0 Å². The highest BCUT2D eigenvalue weighted by molar-refractivity contribution is 14.0. The second-order valence-corrected chi connectivity index (χ2v) is 8.06. The highest BCUT2D eigenvalue weighted by Crippen LogP contribution is 2.20. The third-order valence-electron chi connectivity index (χ3n) is 6.02. The van der Waals surface area contributed by atoms with E-state index < -0.39 is 0 Å². The molecule has 30 heavy (non-hydrogen) atoms. The molecule has 168 valence electrons. The van der Waals surface area contributed by atoms with E-state index in [0.29, 0.717) is 6.54 Å². The number of piperidine rings is 2. The Hall–Kier alpha value is -1.35. The zero-order valence-electron chi connectivity index (χ0n) is 18.4. The quantitative estimate of drug-likeness (QED) is 0.265. The van der Waals surface area contributed by atoms with Gasteiger partial charge < -0.3 is 15.0 Å². The number of hydrogen-bond acceptors (Lipinski definition) is 4. The number of nitrogens with one attached hydrogen (secondary N) is 1. The summed E-state index contributed by atoms with van der Waals surface area (Å²) in [5, 5.41) is 3.43. The van der Waals surface area contributed by atoms with Crippen molar-refractivity contribution in [2.75, 3.05) is 39.8 Å². The summed E-state index contributed by atoms with van der Waals surface area (Å²) >= 11 is 0. The number of hydrogen-bond donors (Lipinski definition) is 1. The Balaban J connectivity index is 0.00000320. The van der Waals surface area contributed by atoms with E-state index in [2.05, 4.69) is 46.3 Å². The first-order valence-corrected chi connectivity index (χ1v) is 11.1. The summed E-state index contributed by atoms with van der Waals surface area (Å²) in [7, 11) is 1.47. The summed E-state index contributed by atoms with van der Waals surface area (Å²) in [5.41, 5.74) is 2.69. The van der Waals surface area contributed by atoms with Crippen LogP contribution in [0.3, 0.4) is 0 Å². The summed E-state index contributed by atoms with van der Waals surface area (Å²) in [6.07, 6.45) is 5.63. The molecule has 0 spiro atoms. The molecule has 0 unspecified atom stereocenters. The Kier molecular flexibility index (Phi) is 10.9. The molecule has 1 aromatic rings. The number of nitrogens with zero attached hydrogens (tertiary/aromatic N) is 3. The number of methoxy groups -OCH3 is 1. The van der Waals surface area contributed by atoms with Gasteiger partial charge in [0.05, 0.1) is 19.6 Å². The topological polar surface area (TPSA) is 57.2 Å². The van der Waals surface area contributed by atoms with Crippen molar-refractivity contribution < 1.29 is 9.53 Å². The van der Waals surface area contributed by atoms with Crippen molar-refractivity contribution in [2.24, 2.45) is 10.9 Å². The second-order valence-electron chi connectivity index (χ2n) is 8.06. The molecule has 2 fully saturated rings. The Morgan fingerprint density at radius 3 is 2.40 bits per heavy atom. The minimum Gasteiger partial charge on any atom is -0.469 e. The molecule has 0 atom stereocenters. The Morgan fingerprint density at radius 2 is 1.77 bits per heavy atom. The number of likely N-dealkylation sites (tertiary alicyclic amines) is 2. The van der Waals surface area contributed by atoms with Crippen LogP contribution in [-0.2, 0) is 22.6 Å². The molecule has 0 saturated carbocycles. The van der Waals surface area contributed by atoms with Crippen molar-refractivity contribution in [1.29, 1.82) is 0 Å². The lowest BCUT2D eigenvalue weighted by atomic mass is 9.97. The number of aliphatic imine (C=N–C) groups is 1. The minimum atomic E-state index is -0.0850. The number of rotatable bonds is 6. The predicted octanol–water partition coefficient (Wildman–Crippen LogP) is 3.64. The number of carbonyl (C=O) groups excluding carboxylic acids is 1. The second kappa shape index (κ2) is 13.1. The lowest BCUT2D eigenvalue weighted by Gasteiger charge is -2.33. The van der Waals surface area contributed by atoms with Gasteiger partial charge in [0.1, 0.15) is 0 Å². The van der Waals surface area contributed by atoms with Gasteiger partial charge in [0.25, 0.3) is 0 Å². The molecule has 2 heterocycles. The van der Waals surface area contributed by atoms with E-state index in [1.54, 1.807) is 0 Å². The van der Waals surface area contributed by atoms with Gasteiger partial charge in [0.2, 0.25) is 0 Å². The number of benzene rings is 1. The van der Waals surface area contributed by atoms with E-state index in [0.717, 1.165) is 45.0 Å². The van der Waals surface area contributed by atoms with E-state index in [1.807, 2.05) is 0 Å². The van der Waals surface area contributed by atoms with E-state index in [9.17, 15) is 4.79 Å². The highest BCUT2D eigenvalue weighted by atomic mass is 127. The first kappa shape index (κ1) is 24.9. The van der Waals surface area contributed by atoms with Crippen LogP contribution in [0, 0.1) is 5.92 Å². The van der Waals surface area contributed by atoms with Crippen molar-refractivity contribution in [3.05, 3.63) is 35.4 Å². The van der Waals surface area contributed by atoms with Gasteiger partial charge >= 0.3 is 5.97 Å². The maximum absolute atomic E-state index is 11.8. The van der Waals surface area contributed by atoms with Crippen LogP contribution in [0.15, 0.2) is 29.3 Å². The Bertz CT molecular complexity index is 684. The van der Waals surface area contributed by atoms with E-state index in [-0.39, 0.29) is 35.9 Å². The molecule has 0 aromatic heterocycles. The molecule has 0 amide bonds. The zero-order chi connectivity index (χ0) is 20.5. The first-order valence-electron chi connectivity index (χ1n) is 11.1. The Morgan fingerprint density at radius 1 is 1.10 bits per heavy atom. The van der Waals surface area contributed by atoms with Crippen LogP contribution in [0.25, 0.3) is 0 Å². The van der Waals surface area contributed by atoms with Crippen molar-refractivity contribution in [3.63, 3.8) is 0 Å². The molecule has 2 saturated heterocycles. The van der Waals surface area contributed by atoms with Crippen LogP contribution in [0.1, 0.15) is 50.2 Å². The van der Waals surface area contributed by atoms with Gasteiger partial charge in [0.15, 0.2) is 5.96 Å². The molecule has 2 aliphatic heterocycles. The fourth-order valence-electron chi connectivity index (χ4n) is 4.30. The maximum Gasteiger partial charge on any atom is 0.308 e. The van der Waals surface area contributed by atoms with Crippen molar-refractivity contribution in [1.82, 2.24) is 15.1 Å². The average Bonchev–Trinajstić information content (AvgIpc) is 2.78. The van der Waals surface area contributed by atoms with Gasteiger partial charge in [0, 0.05) is 26.2 Å². The summed E-state index contributed by atoms with van der Waals surface area (Å²) in [4.78, 5) is 21.6. The standard InChI is InChI=1S/C23H36N4O2.HI/c1-3-24-23(27-15-11-19(12-16-27)22(28)29-2)25-17-20-9-5-6-10-21(20)18-26-13-7-4-8-14-26;/h5-6,9-10,19H,3-4,7-8,11-18H2,1-2H3,(H,24,25);1H. The largest absolute Gasteiger partial charge is 0.469 e. The third-order valence-corrected chi connectivity index (χ3v) is 6.02. The van der Waals surface area contributed by atoms with Crippen molar-refractivity contribution in [3.8, 4) is 0 Å². The lowest BCUT2D eigenvalue weighted by Crippen LogP contribution is -2.46. The molecular formula is C23H37IN4O2. The number of halogens is 1. The molecule has 1 aromatic carbocycles. The summed E-state index contributed by atoms with van der Waals surface area (Å²) in [6, 6.07) is 8.69. The molecule has 0 aliphatic carbocycles. The fraction of sp³-hybridized carbons (Fsp3) is 0.652. The first-order chi connectivity index (χ1) is 14.2. The third kappa shape index (κ3) is 7.11. The summed E-state index contributed by atoms with van der Waals surface area (Å²) < 4.78 is 4.91. The minimum absolute atomic E-state index is 0. The Labute approximate surface area is 198 Å². The number of ether oxygens (including phenoxy) is 1. The average molecular weight is 528 g/mol. The molecule has 0 radical (unpaired) electrons. The molecule has 1 N–H and O–H groups in total. The molecule has 0 bridgehead atoms. The van der Waals surface area contributed by atoms with Gasteiger partial charge in [-0.15, -0.1) is 24.0 Å². The van der Waals surface area contributed by atoms with Gasteiger partial charge in [-0.1, -0.05) is 30.7 Å². The molecule has 2 aliphatic rings. The molecule has 7 heteroatoms. The van der Waals surface area contributed by atoms with Crippen molar-refractivity contribution >= 4 is 35.9 Å². The van der Waals surface area contributed by atoms with Crippen LogP contribution in [0.2, 0.25) is 0 Å². The smallest absolute Gasteiger partial charge is 0.308 e. The predicted molar refractivity (Wildman–Crippen MR) is 132 cm³/mol. The maximum atomic E-state index is 11.8. The normalized spacial score (nSPS) is 18.6. The van der Waals surface area contributed by atoms with E-state index >= 15 is 0 Å². The number of carbonyl (C=O) groups is 1. The van der Waals surface area contributed by atoms with Crippen LogP contribution in [0.4, 0.5) is 0 Å². The molecule has 6 nitrogen and oxygen atoms in total. The SMILES string of the molecule is CCNC(=NCc1ccccc1CN1CCCCC1)N1CCC(C(=O)OC)CC1.I. The molecular weight excluding hydrogens is 491 g/mol. The van der Waals surface area contributed by atoms with Gasteiger partial charge in [-0.2, -0.15) is 0 Å². The van der Waals surface area contributed by atoms with Crippen LogP contribution >= 0.6 is 24.0 Å². The number of esters is 1. The summed E-state index contributed by atoms with van der Waals surface area (Å²) in [5.74, 6) is 0.881. The van der Waals surface area contributed by atoms with E-state index in [1.165, 1.54) is 50.6 Å². The lowest BCUT2D eigenvalue weighted by molar-refractivity contribution is -0.146. The van der Waals surface area contributed by atoms with Crippen LogP contribution in [-0.4, -0.2) is 61.6 Å². The van der Waals surface area contributed by atoms with Gasteiger partial charge in [-0.05, 0) is 56.8 Å². The fourth-order valence-corrected chi connectivity index (χ4v) is 4.30. The highest BCUT2D eigenvalue weighted by Gasteiger charge is 2.27.